The van der Waals surface area contributed by atoms with Crippen molar-refractivity contribution in [1.29, 1.82) is 0 Å². The number of hydrogen-bond donors (Lipinski definition) is 2. The lowest BCUT2D eigenvalue weighted by Crippen LogP contribution is -2.57. The molecular weight excluding hydrogens is 290 g/mol. The summed E-state index contributed by atoms with van der Waals surface area (Å²) in [6.07, 6.45) is 2.60. The van der Waals surface area contributed by atoms with Gasteiger partial charge < -0.3 is 15.5 Å². The smallest absolute Gasteiger partial charge is 0.171 e. The Labute approximate surface area is 136 Å². The third-order valence-corrected chi connectivity index (χ3v) is 5.23. The standard InChI is InChI=1S/C18H21N3S/c22-18(20-17-12-21-10-8-14(17)9-11-21)19-16-7-3-5-13-4-1-2-6-15(13)16/h1-7,14,17H,8-12H2,(H2,19,20,22)/t17-/m0/s1. The molecule has 2 aromatic carbocycles. The number of fused-ring (bicyclic) bond motifs is 4. The van der Waals surface area contributed by atoms with Crippen LogP contribution in [0.15, 0.2) is 42.5 Å². The van der Waals surface area contributed by atoms with Gasteiger partial charge >= 0.3 is 0 Å². The average molecular weight is 311 g/mol. The van der Waals surface area contributed by atoms with Crippen LogP contribution in [0.3, 0.4) is 0 Å². The Morgan fingerprint density at radius 2 is 1.82 bits per heavy atom. The van der Waals surface area contributed by atoms with E-state index >= 15 is 0 Å². The van der Waals surface area contributed by atoms with Crippen molar-refractivity contribution in [1.82, 2.24) is 10.2 Å². The molecule has 22 heavy (non-hydrogen) atoms. The molecule has 3 heterocycles. The average Bonchev–Trinajstić information content (AvgIpc) is 2.56. The summed E-state index contributed by atoms with van der Waals surface area (Å²) in [6, 6.07) is 15.2. The maximum atomic E-state index is 5.55. The van der Waals surface area contributed by atoms with Crippen LogP contribution >= 0.6 is 12.2 Å². The lowest BCUT2D eigenvalue weighted by atomic mass is 9.84. The zero-order valence-corrected chi connectivity index (χ0v) is 13.4. The zero-order valence-electron chi connectivity index (χ0n) is 12.6. The summed E-state index contributed by atoms with van der Waals surface area (Å²) in [4.78, 5) is 2.54. The van der Waals surface area contributed by atoms with Gasteiger partial charge in [0.15, 0.2) is 5.11 Å². The maximum Gasteiger partial charge on any atom is 0.171 e. The molecule has 114 valence electrons. The number of nitrogens with zero attached hydrogens (tertiary/aromatic N) is 1. The van der Waals surface area contributed by atoms with Crippen molar-refractivity contribution in [3.05, 3.63) is 42.5 Å². The Morgan fingerprint density at radius 1 is 1.05 bits per heavy atom. The van der Waals surface area contributed by atoms with E-state index in [1.807, 2.05) is 0 Å². The molecule has 5 rings (SSSR count). The van der Waals surface area contributed by atoms with Gasteiger partial charge in [-0.15, -0.1) is 0 Å². The second kappa shape index (κ2) is 5.86. The molecule has 0 aliphatic carbocycles. The van der Waals surface area contributed by atoms with Crippen LogP contribution in [0.1, 0.15) is 12.8 Å². The Balaban J connectivity index is 1.47. The van der Waals surface area contributed by atoms with Crippen molar-refractivity contribution < 1.29 is 0 Å². The van der Waals surface area contributed by atoms with Gasteiger partial charge in [0.25, 0.3) is 0 Å². The molecule has 2 N–H and O–H groups in total. The summed E-state index contributed by atoms with van der Waals surface area (Å²) in [7, 11) is 0. The quantitative estimate of drug-likeness (QED) is 0.833. The van der Waals surface area contributed by atoms with Gasteiger partial charge in [0.1, 0.15) is 0 Å². The summed E-state index contributed by atoms with van der Waals surface area (Å²) in [6.45, 7) is 3.64. The molecule has 2 bridgehead atoms. The number of nitrogens with one attached hydrogen (secondary N) is 2. The van der Waals surface area contributed by atoms with E-state index in [0.717, 1.165) is 23.3 Å². The van der Waals surface area contributed by atoms with Crippen molar-refractivity contribution in [3.8, 4) is 0 Å². The first kappa shape index (κ1) is 14.0. The van der Waals surface area contributed by atoms with Gasteiger partial charge in [0, 0.05) is 23.7 Å². The van der Waals surface area contributed by atoms with Crippen LogP contribution in [0.5, 0.6) is 0 Å². The number of piperidine rings is 3. The normalized spacial score (nSPS) is 26.8. The predicted molar refractivity (Wildman–Crippen MR) is 96.3 cm³/mol. The maximum absolute atomic E-state index is 5.55. The van der Waals surface area contributed by atoms with Gasteiger partial charge in [0.2, 0.25) is 0 Å². The highest BCUT2D eigenvalue weighted by Crippen LogP contribution is 2.28. The number of rotatable bonds is 2. The fourth-order valence-electron chi connectivity index (χ4n) is 3.79. The van der Waals surface area contributed by atoms with E-state index in [9.17, 15) is 0 Å². The van der Waals surface area contributed by atoms with Gasteiger partial charge in [-0.25, -0.2) is 0 Å². The van der Waals surface area contributed by atoms with Crippen molar-refractivity contribution in [2.24, 2.45) is 5.92 Å². The van der Waals surface area contributed by atoms with E-state index in [1.54, 1.807) is 0 Å². The SMILES string of the molecule is S=C(Nc1cccc2ccccc12)N[C@H]1CN2CCC1CC2. The molecule has 3 fully saturated rings. The van der Waals surface area contributed by atoms with Crippen molar-refractivity contribution in [2.45, 2.75) is 18.9 Å². The zero-order chi connectivity index (χ0) is 14.9. The van der Waals surface area contributed by atoms with E-state index in [1.165, 1.54) is 36.7 Å². The lowest BCUT2D eigenvalue weighted by Gasteiger charge is -2.45. The van der Waals surface area contributed by atoms with Gasteiger partial charge in [-0.3, -0.25) is 0 Å². The summed E-state index contributed by atoms with van der Waals surface area (Å²) in [5.74, 6) is 0.775. The van der Waals surface area contributed by atoms with Gasteiger partial charge in [-0.2, -0.15) is 0 Å². The first-order chi connectivity index (χ1) is 10.8. The highest BCUT2D eigenvalue weighted by molar-refractivity contribution is 7.80. The number of benzene rings is 2. The number of anilines is 1. The first-order valence-corrected chi connectivity index (χ1v) is 8.48. The molecule has 0 amide bonds. The fraction of sp³-hybridized carbons (Fsp3) is 0.389. The minimum atomic E-state index is 0.498. The van der Waals surface area contributed by atoms with Gasteiger partial charge in [0.05, 0.1) is 0 Å². The molecule has 0 spiro atoms. The molecule has 3 nitrogen and oxygen atoms in total. The second-order valence-corrected chi connectivity index (χ2v) is 6.78. The predicted octanol–water partition coefficient (Wildman–Crippen LogP) is 3.22. The molecule has 3 aliphatic heterocycles. The summed E-state index contributed by atoms with van der Waals surface area (Å²) < 4.78 is 0. The minimum Gasteiger partial charge on any atom is -0.358 e. The van der Waals surface area contributed by atoms with E-state index in [0.29, 0.717) is 6.04 Å². The molecule has 0 radical (unpaired) electrons. The second-order valence-electron chi connectivity index (χ2n) is 6.37. The molecular formula is C18H21N3S. The Bertz CT molecular complexity index is 686. The third-order valence-electron chi connectivity index (χ3n) is 5.01. The lowest BCUT2D eigenvalue weighted by molar-refractivity contribution is 0.0815. The largest absolute Gasteiger partial charge is 0.358 e. The van der Waals surface area contributed by atoms with E-state index in [-0.39, 0.29) is 0 Å². The van der Waals surface area contributed by atoms with Crippen LogP contribution in [0.25, 0.3) is 10.8 Å². The molecule has 3 saturated heterocycles. The van der Waals surface area contributed by atoms with Crippen LogP contribution in [0, 0.1) is 5.92 Å². The van der Waals surface area contributed by atoms with Gasteiger partial charge in [-0.1, -0.05) is 36.4 Å². The van der Waals surface area contributed by atoms with Gasteiger partial charge in [-0.05, 0) is 55.5 Å². The fourth-order valence-corrected chi connectivity index (χ4v) is 4.05. The Morgan fingerprint density at radius 3 is 2.59 bits per heavy atom. The monoisotopic (exact) mass is 311 g/mol. The molecule has 1 atom stereocenters. The molecule has 3 aliphatic rings. The van der Waals surface area contributed by atoms with Crippen LogP contribution < -0.4 is 10.6 Å². The molecule has 4 heteroatoms. The summed E-state index contributed by atoms with van der Waals surface area (Å²) >= 11 is 5.55. The van der Waals surface area contributed by atoms with Crippen molar-refractivity contribution in [2.75, 3.05) is 25.0 Å². The molecule has 0 aromatic heterocycles. The molecule has 0 unspecified atom stereocenters. The summed E-state index contributed by atoms with van der Waals surface area (Å²) in [5, 5.41) is 10.1. The summed E-state index contributed by atoms with van der Waals surface area (Å²) in [5.41, 5.74) is 1.08. The highest BCUT2D eigenvalue weighted by atomic mass is 32.1. The van der Waals surface area contributed by atoms with E-state index in [4.69, 9.17) is 12.2 Å². The van der Waals surface area contributed by atoms with Crippen LogP contribution in [0.4, 0.5) is 5.69 Å². The highest BCUT2D eigenvalue weighted by Gasteiger charge is 2.34. The van der Waals surface area contributed by atoms with Crippen LogP contribution in [-0.2, 0) is 0 Å². The van der Waals surface area contributed by atoms with Crippen LogP contribution in [-0.4, -0.2) is 35.7 Å². The van der Waals surface area contributed by atoms with Crippen molar-refractivity contribution >= 4 is 33.8 Å². The van der Waals surface area contributed by atoms with Crippen molar-refractivity contribution in [3.63, 3.8) is 0 Å². The van der Waals surface area contributed by atoms with Crippen LogP contribution in [0.2, 0.25) is 0 Å². The Kier molecular flexibility index (Phi) is 3.72. The molecule has 0 saturated carbocycles. The third kappa shape index (κ3) is 2.69. The minimum absolute atomic E-state index is 0.498. The number of thiocarbonyl (C=S) groups is 1. The Hall–Kier alpha value is -1.65. The van der Waals surface area contributed by atoms with E-state index < -0.39 is 0 Å². The topological polar surface area (TPSA) is 27.3 Å². The number of hydrogen-bond acceptors (Lipinski definition) is 2. The first-order valence-electron chi connectivity index (χ1n) is 8.07. The van der Waals surface area contributed by atoms with E-state index in [2.05, 4.69) is 58.0 Å². The molecule has 2 aromatic rings.